The van der Waals surface area contributed by atoms with Crippen LogP contribution in [0.5, 0.6) is 23.0 Å². The number of benzene rings is 2. The lowest BCUT2D eigenvalue weighted by Gasteiger charge is -2.24. The van der Waals surface area contributed by atoms with Crippen molar-refractivity contribution in [3.8, 4) is 23.0 Å². The van der Waals surface area contributed by atoms with Crippen LogP contribution in [0.2, 0.25) is 0 Å². The zero-order valence-corrected chi connectivity index (χ0v) is 19.8. The first-order valence-electron chi connectivity index (χ1n) is 11.3. The molecule has 8 nitrogen and oxygen atoms in total. The van der Waals surface area contributed by atoms with Crippen LogP contribution in [0.3, 0.4) is 0 Å². The lowest BCUT2D eigenvalue weighted by molar-refractivity contribution is -0.145. The van der Waals surface area contributed by atoms with Gasteiger partial charge in [0, 0.05) is 12.0 Å². The minimum Gasteiger partial charge on any atom is -0.490 e. The van der Waals surface area contributed by atoms with Gasteiger partial charge < -0.3 is 28.6 Å². The number of likely N-dealkylation sites (tertiary alicyclic amines) is 1. The van der Waals surface area contributed by atoms with Crippen LogP contribution in [0.4, 0.5) is 4.39 Å². The number of nitrogens with zero attached hydrogens (tertiary/aromatic N) is 1. The summed E-state index contributed by atoms with van der Waals surface area (Å²) < 4.78 is 41.9. The molecule has 0 saturated carbocycles. The zero-order chi connectivity index (χ0) is 24.7. The van der Waals surface area contributed by atoms with Gasteiger partial charge in [0.2, 0.25) is 5.75 Å². The van der Waals surface area contributed by atoms with E-state index in [0.29, 0.717) is 37.1 Å². The standard InChI is InChI=1S/C25H30FNO7/c1-5-31-21-12-16(13-22(32-6-2)23(21)33-7-3)24(28)27-15-17(14-19(27)25(29)30-4)34-20-11-9-8-10-18(20)26/h8-13,17,19H,5-7,14-15H2,1-4H3. The van der Waals surface area contributed by atoms with E-state index >= 15 is 0 Å². The number of amides is 1. The van der Waals surface area contributed by atoms with E-state index in [-0.39, 0.29) is 24.3 Å². The second-order valence-electron chi connectivity index (χ2n) is 7.50. The minimum atomic E-state index is -0.882. The van der Waals surface area contributed by atoms with E-state index in [0.717, 1.165) is 0 Å². The number of carbonyl (C=O) groups is 2. The molecule has 0 radical (unpaired) electrons. The van der Waals surface area contributed by atoms with Crippen molar-refractivity contribution in [1.29, 1.82) is 0 Å². The maximum atomic E-state index is 14.1. The predicted octanol–water partition coefficient (Wildman–Crippen LogP) is 3.86. The van der Waals surface area contributed by atoms with Crippen LogP contribution in [-0.4, -0.2) is 62.4 Å². The molecule has 1 aliphatic rings. The van der Waals surface area contributed by atoms with E-state index in [1.54, 1.807) is 24.3 Å². The lowest BCUT2D eigenvalue weighted by Crippen LogP contribution is -2.41. The number of para-hydroxylation sites is 1. The number of esters is 1. The highest BCUT2D eigenvalue weighted by Crippen LogP contribution is 2.40. The van der Waals surface area contributed by atoms with Crippen LogP contribution in [-0.2, 0) is 9.53 Å². The Balaban J connectivity index is 1.93. The van der Waals surface area contributed by atoms with Gasteiger partial charge in [-0.25, -0.2) is 9.18 Å². The third kappa shape index (κ3) is 5.52. The van der Waals surface area contributed by atoms with E-state index in [1.807, 2.05) is 20.8 Å². The largest absolute Gasteiger partial charge is 0.490 e. The van der Waals surface area contributed by atoms with Crippen molar-refractivity contribution in [1.82, 2.24) is 4.90 Å². The van der Waals surface area contributed by atoms with Crippen LogP contribution < -0.4 is 18.9 Å². The normalized spacial score (nSPS) is 17.3. The fraction of sp³-hybridized carbons (Fsp3) is 0.440. The van der Waals surface area contributed by atoms with Crippen LogP contribution in [0.15, 0.2) is 36.4 Å². The third-order valence-corrected chi connectivity index (χ3v) is 5.28. The molecule has 0 aromatic heterocycles. The first-order chi connectivity index (χ1) is 16.4. The number of methoxy groups -OCH3 is 1. The highest BCUT2D eigenvalue weighted by Gasteiger charge is 2.42. The Kier molecular flexibility index (Phi) is 8.56. The molecule has 0 spiro atoms. The molecule has 34 heavy (non-hydrogen) atoms. The van der Waals surface area contributed by atoms with Crippen molar-refractivity contribution in [2.75, 3.05) is 33.5 Å². The highest BCUT2D eigenvalue weighted by molar-refractivity contribution is 5.98. The summed E-state index contributed by atoms with van der Waals surface area (Å²) in [5.74, 6) is -0.318. The Morgan fingerprint density at radius 1 is 0.971 bits per heavy atom. The maximum Gasteiger partial charge on any atom is 0.328 e. The van der Waals surface area contributed by atoms with Crippen molar-refractivity contribution >= 4 is 11.9 Å². The van der Waals surface area contributed by atoms with Crippen molar-refractivity contribution in [2.24, 2.45) is 0 Å². The fourth-order valence-corrected chi connectivity index (χ4v) is 3.86. The Labute approximate surface area is 198 Å². The molecule has 184 valence electrons. The molecule has 1 fully saturated rings. The maximum absolute atomic E-state index is 14.1. The Hall–Kier alpha value is -3.49. The first-order valence-corrected chi connectivity index (χ1v) is 11.3. The summed E-state index contributed by atoms with van der Waals surface area (Å²) in [5, 5.41) is 0. The molecule has 2 aromatic rings. The fourth-order valence-electron chi connectivity index (χ4n) is 3.86. The molecule has 2 atom stereocenters. The molecule has 2 unspecified atom stereocenters. The Morgan fingerprint density at radius 2 is 1.59 bits per heavy atom. The summed E-state index contributed by atoms with van der Waals surface area (Å²) >= 11 is 0. The van der Waals surface area contributed by atoms with E-state index in [2.05, 4.69) is 0 Å². The molecular weight excluding hydrogens is 445 g/mol. The Morgan fingerprint density at radius 3 is 2.15 bits per heavy atom. The van der Waals surface area contributed by atoms with Gasteiger partial charge in [-0.05, 0) is 45.0 Å². The summed E-state index contributed by atoms with van der Waals surface area (Å²) in [6.45, 7) is 6.66. The number of carbonyl (C=O) groups excluding carboxylic acids is 2. The van der Waals surface area contributed by atoms with Crippen molar-refractivity contribution in [3.63, 3.8) is 0 Å². The second-order valence-corrected chi connectivity index (χ2v) is 7.50. The molecule has 9 heteroatoms. The van der Waals surface area contributed by atoms with Crippen LogP contribution in [0.25, 0.3) is 0 Å². The number of rotatable bonds is 10. The molecule has 0 aliphatic carbocycles. The lowest BCUT2D eigenvalue weighted by atomic mass is 10.1. The van der Waals surface area contributed by atoms with Gasteiger partial charge in [-0.15, -0.1) is 0 Å². The van der Waals surface area contributed by atoms with Crippen molar-refractivity contribution in [2.45, 2.75) is 39.3 Å². The summed E-state index contributed by atoms with van der Waals surface area (Å²) in [4.78, 5) is 27.4. The molecule has 0 N–H and O–H groups in total. The van der Waals surface area contributed by atoms with Gasteiger partial charge in [-0.1, -0.05) is 12.1 Å². The molecular formula is C25H30FNO7. The Bertz CT molecular complexity index is 986. The number of ether oxygens (including phenoxy) is 5. The summed E-state index contributed by atoms with van der Waals surface area (Å²) in [7, 11) is 1.26. The highest BCUT2D eigenvalue weighted by atomic mass is 19.1. The predicted molar refractivity (Wildman–Crippen MR) is 122 cm³/mol. The van der Waals surface area contributed by atoms with Gasteiger partial charge >= 0.3 is 5.97 Å². The summed E-state index contributed by atoms with van der Waals surface area (Å²) in [5.41, 5.74) is 0.260. The molecule has 1 amide bonds. The van der Waals surface area contributed by atoms with E-state index in [4.69, 9.17) is 23.7 Å². The molecule has 1 aliphatic heterocycles. The SMILES string of the molecule is CCOc1cc(C(=O)N2CC(Oc3ccccc3F)CC2C(=O)OC)cc(OCC)c1OCC. The van der Waals surface area contributed by atoms with Gasteiger partial charge in [-0.2, -0.15) is 0 Å². The van der Waals surface area contributed by atoms with Crippen molar-refractivity contribution in [3.05, 3.63) is 47.8 Å². The zero-order valence-electron chi connectivity index (χ0n) is 19.8. The van der Waals surface area contributed by atoms with E-state index in [1.165, 1.54) is 24.1 Å². The molecule has 1 heterocycles. The van der Waals surface area contributed by atoms with E-state index in [9.17, 15) is 14.0 Å². The van der Waals surface area contributed by atoms with Crippen LogP contribution >= 0.6 is 0 Å². The topological polar surface area (TPSA) is 83.5 Å². The average Bonchev–Trinajstić information content (AvgIpc) is 3.25. The smallest absolute Gasteiger partial charge is 0.328 e. The van der Waals surface area contributed by atoms with Gasteiger partial charge in [0.1, 0.15) is 12.1 Å². The van der Waals surface area contributed by atoms with Crippen LogP contribution in [0.1, 0.15) is 37.6 Å². The molecule has 0 bridgehead atoms. The average molecular weight is 476 g/mol. The van der Waals surface area contributed by atoms with E-state index < -0.39 is 29.8 Å². The number of halogens is 1. The van der Waals surface area contributed by atoms with Gasteiger partial charge in [0.15, 0.2) is 23.1 Å². The second kappa shape index (κ2) is 11.6. The molecule has 1 saturated heterocycles. The third-order valence-electron chi connectivity index (χ3n) is 5.28. The summed E-state index contributed by atoms with van der Waals surface area (Å²) in [6, 6.07) is 8.25. The van der Waals surface area contributed by atoms with Crippen molar-refractivity contribution < 1.29 is 37.7 Å². The monoisotopic (exact) mass is 475 g/mol. The van der Waals surface area contributed by atoms with Gasteiger partial charge in [-0.3, -0.25) is 4.79 Å². The first kappa shape index (κ1) is 25.1. The summed E-state index contributed by atoms with van der Waals surface area (Å²) in [6.07, 6.45) is -0.425. The van der Waals surface area contributed by atoms with Gasteiger partial charge in [0.25, 0.3) is 5.91 Å². The number of hydrogen-bond donors (Lipinski definition) is 0. The minimum absolute atomic E-state index is 0.0590. The van der Waals surface area contributed by atoms with Crippen LogP contribution in [0, 0.1) is 5.82 Å². The number of hydrogen-bond acceptors (Lipinski definition) is 7. The van der Waals surface area contributed by atoms with Gasteiger partial charge in [0.05, 0.1) is 33.5 Å². The quantitative estimate of drug-likeness (QED) is 0.483. The molecule has 3 rings (SSSR count). The molecule has 2 aromatic carbocycles.